The molecule has 1 fully saturated rings. The molecular formula is C22H24FN3O4. The number of hydrogen-bond acceptors (Lipinski definition) is 7. The number of methoxy groups -OCH3 is 3. The fourth-order valence-corrected chi connectivity index (χ4v) is 4.08. The Bertz CT molecular complexity index is 1070. The smallest absolute Gasteiger partial charge is 0.204 e. The molecule has 0 radical (unpaired) electrons. The van der Waals surface area contributed by atoms with Crippen molar-refractivity contribution in [2.75, 3.05) is 39.3 Å². The Kier molecular flexibility index (Phi) is 5.34. The molecule has 2 aromatic carbocycles. The first-order valence-electron chi connectivity index (χ1n) is 9.68. The minimum Gasteiger partial charge on any atom is -0.493 e. The third-order valence-electron chi connectivity index (χ3n) is 5.70. The van der Waals surface area contributed by atoms with Gasteiger partial charge in [0.25, 0.3) is 0 Å². The maximum Gasteiger partial charge on any atom is 0.204 e. The number of fused-ring (bicyclic) bond motifs is 1. The summed E-state index contributed by atoms with van der Waals surface area (Å²) in [5.74, 6) is 1.87. The lowest BCUT2D eigenvalue weighted by molar-refractivity contribution is 0.0114. The summed E-state index contributed by atoms with van der Waals surface area (Å²) in [5.41, 5.74) is -0.478. The van der Waals surface area contributed by atoms with E-state index in [4.69, 9.17) is 14.2 Å². The number of ether oxygens (including phenoxy) is 3. The van der Waals surface area contributed by atoms with Gasteiger partial charge in [-0.25, -0.2) is 4.39 Å². The van der Waals surface area contributed by atoms with E-state index in [0.29, 0.717) is 54.6 Å². The number of rotatable bonds is 5. The fourth-order valence-electron chi connectivity index (χ4n) is 4.08. The number of aromatic nitrogens is 2. The summed E-state index contributed by atoms with van der Waals surface area (Å²) in [7, 11) is 4.69. The second-order valence-electron chi connectivity index (χ2n) is 7.30. The molecule has 0 aliphatic carbocycles. The average Bonchev–Trinajstić information content (AvgIpc) is 2.77. The van der Waals surface area contributed by atoms with Crippen molar-refractivity contribution < 1.29 is 23.7 Å². The average molecular weight is 413 g/mol. The molecule has 30 heavy (non-hydrogen) atoms. The number of piperidine rings is 1. The van der Waals surface area contributed by atoms with Crippen LogP contribution in [-0.2, 0) is 5.60 Å². The van der Waals surface area contributed by atoms with E-state index < -0.39 is 5.60 Å². The van der Waals surface area contributed by atoms with E-state index >= 15 is 0 Å². The Morgan fingerprint density at radius 2 is 1.73 bits per heavy atom. The van der Waals surface area contributed by atoms with Crippen LogP contribution < -0.4 is 19.1 Å². The van der Waals surface area contributed by atoms with Crippen LogP contribution >= 0.6 is 0 Å². The Morgan fingerprint density at radius 3 is 2.37 bits per heavy atom. The number of aliphatic hydroxyl groups is 1. The van der Waals surface area contributed by atoms with Crippen LogP contribution in [0.5, 0.6) is 17.2 Å². The quantitative estimate of drug-likeness (QED) is 0.688. The number of hydrogen-bond donors (Lipinski definition) is 1. The Morgan fingerprint density at radius 1 is 1.00 bits per heavy atom. The molecule has 1 N–H and O–H groups in total. The number of halogens is 1. The molecule has 0 spiro atoms. The van der Waals surface area contributed by atoms with E-state index in [2.05, 4.69) is 15.1 Å². The monoisotopic (exact) mass is 413 g/mol. The zero-order valence-corrected chi connectivity index (χ0v) is 17.2. The van der Waals surface area contributed by atoms with Gasteiger partial charge in [0.15, 0.2) is 17.3 Å². The molecular weight excluding hydrogens is 389 g/mol. The van der Waals surface area contributed by atoms with Gasteiger partial charge in [-0.2, -0.15) is 5.10 Å². The van der Waals surface area contributed by atoms with Crippen molar-refractivity contribution in [3.8, 4) is 17.2 Å². The lowest BCUT2D eigenvalue weighted by Gasteiger charge is -2.39. The first-order chi connectivity index (χ1) is 14.5. The van der Waals surface area contributed by atoms with Crippen LogP contribution in [0.15, 0.2) is 36.5 Å². The van der Waals surface area contributed by atoms with Crippen molar-refractivity contribution in [1.82, 2.24) is 10.2 Å². The molecule has 8 heteroatoms. The van der Waals surface area contributed by atoms with Crippen LogP contribution in [0.3, 0.4) is 0 Å². The Labute approximate surface area is 174 Å². The SMILES string of the molecule is COc1cc2c(N3CCC(O)(c4cccc(F)c4)CC3)nncc2c(OC)c1OC. The third kappa shape index (κ3) is 3.37. The standard InChI is InChI=1S/C22H24FN3O4/c1-28-18-12-16-17(19(29-2)20(18)30-3)13-24-25-21(16)26-9-7-22(27,8-10-26)14-5-4-6-15(23)11-14/h4-6,11-13,27H,7-10H2,1-3H3. The first-order valence-corrected chi connectivity index (χ1v) is 9.68. The summed E-state index contributed by atoms with van der Waals surface area (Å²) in [5, 5.41) is 21.2. The van der Waals surface area contributed by atoms with E-state index in [1.54, 1.807) is 39.7 Å². The Hall–Kier alpha value is -3.13. The summed E-state index contributed by atoms with van der Waals surface area (Å²) >= 11 is 0. The maximum absolute atomic E-state index is 13.6. The Balaban J connectivity index is 1.69. The van der Waals surface area contributed by atoms with Gasteiger partial charge in [0.1, 0.15) is 5.82 Å². The second-order valence-corrected chi connectivity index (χ2v) is 7.30. The highest BCUT2D eigenvalue weighted by atomic mass is 19.1. The lowest BCUT2D eigenvalue weighted by Crippen LogP contribution is -2.43. The van der Waals surface area contributed by atoms with Gasteiger partial charge in [-0.1, -0.05) is 12.1 Å². The molecule has 1 aromatic heterocycles. The summed E-state index contributed by atoms with van der Waals surface area (Å²) in [6.07, 6.45) is 2.52. The van der Waals surface area contributed by atoms with Gasteiger partial charge in [-0.3, -0.25) is 0 Å². The maximum atomic E-state index is 13.6. The van der Waals surface area contributed by atoms with E-state index in [-0.39, 0.29) is 5.82 Å². The molecule has 158 valence electrons. The van der Waals surface area contributed by atoms with Crippen molar-refractivity contribution in [3.63, 3.8) is 0 Å². The van der Waals surface area contributed by atoms with Crippen LogP contribution in [0.4, 0.5) is 10.2 Å². The van der Waals surface area contributed by atoms with Crippen molar-refractivity contribution in [1.29, 1.82) is 0 Å². The summed E-state index contributed by atoms with van der Waals surface area (Å²) in [6.45, 7) is 1.08. The van der Waals surface area contributed by atoms with E-state index in [9.17, 15) is 9.50 Å². The number of nitrogens with zero attached hydrogens (tertiary/aromatic N) is 3. The minimum absolute atomic E-state index is 0.351. The summed E-state index contributed by atoms with van der Waals surface area (Å²) in [4.78, 5) is 2.06. The van der Waals surface area contributed by atoms with E-state index in [1.807, 2.05) is 6.07 Å². The molecule has 0 atom stereocenters. The van der Waals surface area contributed by atoms with Gasteiger partial charge in [0.2, 0.25) is 5.75 Å². The molecule has 1 aliphatic rings. The van der Waals surface area contributed by atoms with Crippen molar-refractivity contribution in [3.05, 3.63) is 47.9 Å². The molecule has 4 rings (SSSR count). The third-order valence-corrected chi connectivity index (χ3v) is 5.70. The van der Waals surface area contributed by atoms with Crippen molar-refractivity contribution in [2.24, 2.45) is 0 Å². The van der Waals surface area contributed by atoms with Gasteiger partial charge in [0.05, 0.1) is 38.5 Å². The van der Waals surface area contributed by atoms with Gasteiger partial charge in [-0.15, -0.1) is 5.10 Å². The van der Waals surface area contributed by atoms with Crippen molar-refractivity contribution in [2.45, 2.75) is 18.4 Å². The van der Waals surface area contributed by atoms with Crippen LogP contribution in [-0.4, -0.2) is 49.7 Å². The second kappa shape index (κ2) is 7.95. The lowest BCUT2D eigenvalue weighted by atomic mass is 9.84. The largest absolute Gasteiger partial charge is 0.493 e. The molecule has 0 amide bonds. The molecule has 1 saturated heterocycles. The van der Waals surface area contributed by atoms with Gasteiger partial charge in [0, 0.05) is 18.5 Å². The van der Waals surface area contributed by atoms with Crippen LogP contribution in [0, 0.1) is 5.82 Å². The highest BCUT2D eigenvalue weighted by Gasteiger charge is 2.35. The van der Waals surface area contributed by atoms with E-state index in [0.717, 1.165) is 10.8 Å². The van der Waals surface area contributed by atoms with Gasteiger partial charge >= 0.3 is 0 Å². The number of anilines is 1. The molecule has 0 unspecified atom stereocenters. The molecule has 2 heterocycles. The van der Waals surface area contributed by atoms with Crippen LogP contribution in [0.1, 0.15) is 18.4 Å². The fraction of sp³-hybridized carbons (Fsp3) is 0.364. The molecule has 3 aromatic rings. The molecule has 0 saturated carbocycles. The molecule has 1 aliphatic heterocycles. The zero-order valence-electron chi connectivity index (χ0n) is 17.2. The molecule has 0 bridgehead atoms. The highest BCUT2D eigenvalue weighted by molar-refractivity contribution is 5.99. The summed E-state index contributed by atoms with van der Waals surface area (Å²) < 4.78 is 30.2. The minimum atomic E-state index is -1.07. The number of benzene rings is 2. The zero-order chi connectivity index (χ0) is 21.3. The van der Waals surface area contributed by atoms with Crippen molar-refractivity contribution >= 4 is 16.6 Å². The summed E-state index contributed by atoms with van der Waals surface area (Å²) in [6, 6.07) is 8.02. The predicted molar refractivity (Wildman–Crippen MR) is 111 cm³/mol. The highest BCUT2D eigenvalue weighted by Crippen LogP contribution is 2.45. The van der Waals surface area contributed by atoms with Crippen LogP contribution in [0.25, 0.3) is 10.8 Å². The molecule has 7 nitrogen and oxygen atoms in total. The topological polar surface area (TPSA) is 76.9 Å². The van der Waals surface area contributed by atoms with Gasteiger partial charge in [-0.05, 0) is 36.6 Å². The van der Waals surface area contributed by atoms with Crippen LogP contribution in [0.2, 0.25) is 0 Å². The first kappa shape index (κ1) is 20.2. The van der Waals surface area contributed by atoms with E-state index in [1.165, 1.54) is 12.1 Å². The normalized spacial score (nSPS) is 15.8. The predicted octanol–water partition coefficient (Wildman–Crippen LogP) is 3.28. The van der Waals surface area contributed by atoms with Gasteiger partial charge < -0.3 is 24.2 Å².